The number of ketones is 1. The van der Waals surface area contributed by atoms with Gasteiger partial charge in [0.1, 0.15) is 5.75 Å². The molecule has 0 atom stereocenters. The SMILES string of the molecule is COc1cccc2c1C(=O)/C(=C\N(C)C)C2. The first-order valence-electron chi connectivity index (χ1n) is 5.21. The zero-order chi connectivity index (χ0) is 11.7. The fourth-order valence-corrected chi connectivity index (χ4v) is 2.01. The van der Waals surface area contributed by atoms with Crippen LogP contribution < -0.4 is 4.74 Å². The highest BCUT2D eigenvalue weighted by atomic mass is 16.5. The summed E-state index contributed by atoms with van der Waals surface area (Å²) in [5.41, 5.74) is 2.60. The lowest BCUT2D eigenvalue weighted by Gasteiger charge is -2.06. The number of fused-ring (bicyclic) bond motifs is 1. The summed E-state index contributed by atoms with van der Waals surface area (Å²) in [4.78, 5) is 14.0. The second kappa shape index (κ2) is 4.00. The van der Waals surface area contributed by atoms with Crippen LogP contribution in [0.15, 0.2) is 30.0 Å². The second-order valence-corrected chi connectivity index (χ2v) is 4.12. The Labute approximate surface area is 95.3 Å². The van der Waals surface area contributed by atoms with E-state index < -0.39 is 0 Å². The first-order chi connectivity index (χ1) is 7.63. The van der Waals surface area contributed by atoms with Crippen LogP contribution in [0.2, 0.25) is 0 Å². The van der Waals surface area contributed by atoms with Crippen molar-refractivity contribution in [1.29, 1.82) is 0 Å². The largest absolute Gasteiger partial charge is 0.496 e. The smallest absolute Gasteiger partial charge is 0.194 e. The number of hydrogen-bond acceptors (Lipinski definition) is 3. The van der Waals surface area contributed by atoms with Gasteiger partial charge < -0.3 is 9.64 Å². The Morgan fingerprint density at radius 1 is 1.38 bits per heavy atom. The van der Waals surface area contributed by atoms with Crippen molar-refractivity contribution >= 4 is 5.78 Å². The summed E-state index contributed by atoms with van der Waals surface area (Å²) < 4.78 is 5.22. The van der Waals surface area contributed by atoms with Gasteiger partial charge >= 0.3 is 0 Å². The van der Waals surface area contributed by atoms with E-state index in [0.29, 0.717) is 12.2 Å². The molecular formula is C13H15NO2. The van der Waals surface area contributed by atoms with E-state index in [4.69, 9.17) is 4.74 Å². The maximum atomic E-state index is 12.1. The fourth-order valence-electron chi connectivity index (χ4n) is 2.01. The predicted molar refractivity (Wildman–Crippen MR) is 62.8 cm³/mol. The molecule has 0 aliphatic heterocycles. The number of Topliss-reactive ketones (excluding diaryl/α,β-unsaturated/α-hetero) is 1. The van der Waals surface area contributed by atoms with Gasteiger partial charge in [0.2, 0.25) is 0 Å². The zero-order valence-electron chi connectivity index (χ0n) is 9.78. The van der Waals surface area contributed by atoms with Crippen LogP contribution in [0.1, 0.15) is 15.9 Å². The molecule has 0 amide bonds. The summed E-state index contributed by atoms with van der Waals surface area (Å²) in [5, 5.41) is 0. The average molecular weight is 217 g/mol. The topological polar surface area (TPSA) is 29.5 Å². The highest BCUT2D eigenvalue weighted by molar-refractivity contribution is 6.14. The van der Waals surface area contributed by atoms with Gasteiger partial charge in [0.05, 0.1) is 12.7 Å². The van der Waals surface area contributed by atoms with Gasteiger partial charge in [0, 0.05) is 32.3 Å². The number of allylic oxidation sites excluding steroid dienone is 1. The summed E-state index contributed by atoms with van der Waals surface area (Å²) >= 11 is 0. The Bertz CT molecular complexity index is 461. The molecule has 0 fully saturated rings. The molecule has 1 aliphatic rings. The molecule has 0 N–H and O–H groups in total. The molecule has 1 aliphatic carbocycles. The second-order valence-electron chi connectivity index (χ2n) is 4.12. The van der Waals surface area contributed by atoms with E-state index >= 15 is 0 Å². The zero-order valence-corrected chi connectivity index (χ0v) is 9.78. The van der Waals surface area contributed by atoms with E-state index in [1.807, 2.05) is 43.4 Å². The predicted octanol–water partition coefficient (Wildman–Crippen LogP) is 1.88. The number of methoxy groups -OCH3 is 1. The summed E-state index contributed by atoms with van der Waals surface area (Å²) in [7, 11) is 5.43. The molecular weight excluding hydrogens is 202 g/mol. The Balaban J connectivity index is 2.47. The Morgan fingerprint density at radius 3 is 2.75 bits per heavy atom. The van der Waals surface area contributed by atoms with Crippen molar-refractivity contribution in [2.45, 2.75) is 6.42 Å². The number of carbonyl (C=O) groups excluding carboxylic acids is 1. The third-order valence-corrected chi connectivity index (χ3v) is 2.65. The van der Waals surface area contributed by atoms with E-state index in [2.05, 4.69) is 0 Å². The molecule has 3 heteroatoms. The summed E-state index contributed by atoms with van der Waals surface area (Å²) in [6.45, 7) is 0. The van der Waals surface area contributed by atoms with Crippen LogP contribution in [0.3, 0.4) is 0 Å². The van der Waals surface area contributed by atoms with Crippen molar-refractivity contribution < 1.29 is 9.53 Å². The first-order valence-corrected chi connectivity index (χ1v) is 5.21. The van der Waals surface area contributed by atoms with Gasteiger partial charge in [-0.25, -0.2) is 0 Å². The molecule has 0 radical (unpaired) electrons. The molecule has 2 rings (SSSR count). The normalized spacial score (nSPS) is 16.4. The summed E-state index contributed by atoms with van der Waals surface area (Å²) in [6, 6.07) is 5.73. The lowest BCUT2D eigenvalue weighted by molar-refractivity contribution is 0.103. The minimum atomic E-state index is 0.0844. The summed E-state index contributed by atoms with van der Waals surface area (Å²) in [5.74, 6) is 0.755. The average Bonchev–Trinajstić information content (AvgIpc) is 2.55. The van der Waals surface area contributed by atoms with Crippen LogP contribution in [0, 0.1) is 0 Å². The number of hydrogen-bond donors (Lipinski definition) is 0. The standard InChI is InChI=1S/C13H15NO2/c1-14(2)8-10-7-9-5-4-6-11(16-3)12(9)13(10)15/h4-6,8H,7H2,1-3H3/b10-8-. The highest BCUT2D eigenvalue weighted by Gasteiger charge is 2.28. The fraction of sp³-hybridized carbons (Fsp3) is 0.308. The van der Waals surface area contributed by atoms with Gasteiger partial charge in [-0.1, -0.05) is 12.1 Å². The van der Waals surface area contributed by atoms with Crippen LogP contribution in [0.5, 0.6) is 5.75 Å². The molecule has 0 saturated carbocycles. The van der Waals surface area contributed by atoms with E-state index in [1.165, 1.54) is 0 Å². The van der Waals surface area contributed by atoms with E-state index in [-0.39, 0.29) is 5.78 Å². The number of carbonyl (C=O) groups is 1. The molecule has 3 nitrogen and oxygen atoms in total. The Hall–Kier alpha value is -1.77. The number of nitrogens with zero attached hydrogens (tertiary/aromatic N) is 1. The first kappa shape index (κ1) is 10.7. The lowest BCUT2D eigenvalue weighted by Crippen LogP contribution is -2.06. The van der Waals surface area contributed by atoms with Crippen LogP contribution >= 0.6 is 0 Å². The molecule has 1 aromatic carbocycles. The van der Waals surface area contributed by atoms with Gasteiger partial charge in [-0.3, -0.25) is 4.79 Å². The number of ether oxygens (including phenoxy) is 1. The number of benzene rings is 1. The highest BCUT2D eigenvalue weighted by Crippen LogP contribution is 2.33. The Kier molecular flexibility index (Phi) is 2.69. The Morgan fingerprint density at radius 2 is 2.12 bits per heavy atom. The molecule has 16 heavy (non-hydrogen) atoms. The molecule has 1 aromatic rings. The van der Waals surface area contributed by atoms with Crippen LogP contribution in [-0.2, 0) is 6.42 Å². The molecule has 0 saturated heterocycles. The lowest BCUT2D eigenvalue weighted by atomic mass is 10.1. The third kappa shape index (κ3) is 1.69. The summed E-state index contributed by atoms with van der Waals surface area (Å²) in [6.07, 6.45) is 2.57. The van der Waals surface area contributed by atoms with Crippen molar-refractivity contribution in [2.75, 3.05) is 21.2 Å². The van der Waals surface area contributed by atoms with Crippen LogP contribution in [0.25, 0.3) is 0 Å². The monoisotopic (exact) mass is 217 g/mol. The quantitative estimate of drug-likeness (QED) is 0.708. The molecule has 0 aromatic heterocycles. The minimum Gasteiger partial charge on any atom is -0.496 e. The van der Waals surface area contributed by atoms with Gasteiger partial charge in [0.15, 0.2) is 5.78 Å². The molecule has 0 unspecified atom stereocenters. The third-order valence-electron chi connectivity index (χ3n) is 2.65. The van der Waals surface area contributed by atoms with Crippen LogP contribution in [0.4, 0.5) is 0 Å². The van der Waals surface area contributed by atoms with Crippen LogP contribution in [-0.4, -0.2) is 31.9 Å². The molecule has 0 spiro atoms. The van der Waals surface area contributed by atoms with Crippen molar-refractivity contribution in [1.82, 2.24) is 4.90 Å². The maximum Gasteiger partial charge on any atom is 0.194 e. The van der Waals surface area contributed by atoms with Crippen molar-refractivity contribution in [3.05, 3.63) is 41.1 Å². The number of rotatable bonds is 2. The van der Waals surface area contributed by atoms with Crippen molar-refractivity contribution in [3.63, 3.8) is 0 Å². The van der Waals surface area contributed by atoms with E-state index in [9.17, 15) is 4.79 Å². The van der Waals surface area contributed by atoms with E-state index in [0.717, 1.165) is 16.7 Å². The van der Waals surface area contributed by atoms with Crippen molar-refractivity contribution in [2.24, 2.45) is 0 Å². The maximum absolute atomic E-state index is 12.1. The molecule has 0 heterocycles. The van der Waals surface area contributed by atoms with Crippen molar-refractivity contribution in [3.8, 4) is 5.75 Å². The molecule has 0 bridgehead atoms. The minimum absolute atomic E-state index is 0.0844. The van der Waals surface area contributed by atoms with E-state index in [1.54, 1.807) is 7.11 Å². The van der Waals surface area contributed by atoms with Gasteiger partial charge in [-0.05, 0) is 11.6 Å². The van der Waals surface area contributed by atoms with Gasteiger partial charge in [0.25, 0.3) is 0 Å². The van der Waals surface area contributed by atoms with Gasteiger partial charge in [-0.2, -0.15) is 0 Å². The van der Waals surface area contributed by atoms with Gasteiger partial charge in [-0.15, -0.1) is 0 Å². The molecule has 84 valence electrons.